The summed E-state index contributed by atoms with van der Waals surface area (Å²) in [5.74, 6) is -0.331. The minimum absolute atomic E-state index is 0.0116. The van der Waals surface area contributed by atoms with Crippen LogP contribution in [0, 0.1) is 5.82 Å². The molecule has 0 unspecified atom stereocenters. The predicted octanol–water partition coefficient (Wildman–Crippen LogP) is 3.34. The Kier molecular flexibility index (Phi) is 5.69. The first-order valence-corrected chi connectivity index (χ1v) is 11.1. The van der Waals surface area contributed by atoms with Gasteiger partial charge in [0.25, 0.3) is 0 Å². The van der Waals surface area contributed by atoms with E-state index in [9.17, 15) is 14.0 Å². The van der Waals surface area contributed by atoms with Crippen molar-refractivity contribution in [2.24, 2.45) is 0 Å². The van der Waals surface area contributed by atoms with E-state index < -0.39 is 0 Å². The fourth-order valence-electron chi connectivity index (χ4n) is 4.45. The lowest BCUT2D eigenvalue weighted by Crippen LogP contribution is -2.50. The fourth-order valence-corrected chi connectivity index (χ4v) is 4.45. The van der Waals surface area contributed by atoms with E-state index in [1.165, 1.54) is 12.1 Å². The summed E-state index contributed by atoms with van der Waals surface area (Å²) >= 11 is 0. The second kappa shape index (κ2) is 8.94. The van der Waals surface area contributed by atoms with Crippen molar-refractivity contribution in [3.63, 3.8) is 0 Å². The summed E-state index contributed by atoms with van der Waals surface area (Å²) in [4.78, 5) is 30.3. The van der Waals surface area contributed by atoms with Gasteiger partial charge in [-0.1, -0.05) is 42.5 Å². The van der Waals surface area contributed by atoms with Crippen molar-refractivity contribution in [2.75, 3.05) is 31.1 Å². The van der Waals surface area contributed by atoms with Crippen LogP contribution in [0.1, 0.15) is 5.56 Å². The van der Waals surface area contributed by atoms with E-state index >= 15 is 0 Å². The fraction of sp³-hybridized carbons (Fsp3) is 0.231. The Hall–Kier alpha value is -3.87. The maximum absolute atomic E-state index is 13.3. The number of anilines is 1. The first-order valence-electron chi connectivity index (χ1n) is 11.1. The van der Waals surface area contributed by atoms with Crippen molar-refractivity contribution < 1.29 is 9.18 Å². The Labute approximate surface area is 191 Å². The van der Waals surface area contributed by atoms with Gasteiger partial charge in [0.15, 0.2) is 0 Å². The van der Waals surface area contributed by atoms with Crippen LogP contribution in [-0.4, -0.2) is 46.1 Å². The lowest BCUT2D eigenvalue weighted by Gasteiger charge is -2.36. The molecule has 1 aliphatic rings. The molecule has 1 aliphatic heterocycles. The van der Waals surface area contributed by atoms with Crippen molar-refractivity contribution in [3.05, 3.63) is 101 Å². The first kappa shape index (κ1) is 21.0. The number of carbonyl (C=O) groups is 1. The van der Waals surface area contributed by atoms with Gasteiger partial charge in [-0.05, 0) is 42.0 Å². The van der Waals surface area contributed by atoms with E-state index in [2.05, 4.69) is 4.90 Å². The van der Waals surface area contributed by atoms with Crippen LogP contribution in [-0.2, 0) is 17.9 Å². The Bertz CT molecular complexity index is 1320. The number of piperazine rings is 1. The number of hydrogen-bond acceptors (Lipinski definition) is 3. The van der Waals surface area contributed by atoms with Gasteiger partial charge >= 0.3 is 5.69 Å². The second-order valence-electron chi connectivity index (χ2n) is 8.27. The minimum Gasteiger partial charge on any atom is -0.368 e. The Balaban J connectivity index is 1.33. The number of halogens is 1. The van der Waals surface area contributed by atoms with Crippen molar-refractivity contribution in [2.45, 2.75) is 13.1 Å². The quantitative estimate of drug-likeness (QED) is 0.475. The smallest absolute Gasteiger partial charge is 0.329 e. The van der Waals surface area contributed by atoms with Crippen LogP contribution in [0.3, 0.4) is 0 Å². The predicted molar refractivity (Wildman–Crippen MR) is 127 cm³/mol. The summed E-state index contributed by atoms with van der Waals surface area (Å²) in [6.07, 6.45) is 0. The van der Waals surface area contributed by atoms with Crippen LogP contribution in [0.2, 0.25) is 0 Å². The van der Waals surface area contributed by atoms with Gasteiger partial charge in [-0.2, -0.15) is 0 Å². The van der Waals surface area contributed by atoms with E-state index in [0.29, 0.717) is 32.7 Å². The molecular formula is C26H25FN4O2. The molecule has 4 aromatic rings. The zero-order valence-electron chi connectivity index (χ0n) is 18.2. The number of benzene rings is 3. The topological polar surface area (TPSA) is 50.5 Å². The molecule has 1 aromatic heterocycles. The molecule has 2 heterocycles. The van der Waals surface area contributed by atoms with Crippen LogP contribution in [0.4, 0.5) is 10.1 Å². The number of fused-ring (bicyclic) bond motifs is 1. The molecule has 6 nitrogen and oxygen atoms in total. The molecule has 1 fully saturated rings. The Morgan fingerprint density at radius 2 is 1.36 bits per heavy atom. The number of aromatic nitrogens is 2. The number of hydrogen-bond donors (Lipinski definition) is 0. The van der Waals surface area contributed by atoms with Gasteiger partial charge in [0, 0.05) is 31.9 Å². The van der Waals surface area contributed by atoms with Crippen LogP contribution in [0.25, 0.3) is 11.0 Å². The first-order chi connectivity index (χ1) is 16.1. The summed E-state index contributed by atoms with van der Waals surface area (Å²) < 4.78 is 16.5. The molecule has 1 amide bonds. The largest absolute Gasteiger partial charge is 0.368 e. The number of para-hydroxylation sites is 2. The number of nitrogens with zero attached hydrogens (tertiary/aromatic N) is 4. The highest BCUT2D eigenvalue weighted by Crippen LogP contribution is 2.18. The van der Waals surface area contributed by atoms with Gasteiger partial charge in [-0.25, -0.2) is 9.18 Å². The van der Waals surface area contributed by atoms with Crippen molar-refractivity contribution in [1.29, 1.82) is 0 Å². The molecule has 0 saturated carbocycles. The van der Waals surface area contributed by atoms with E-state index in [4.69, 9.17) is 0 Å². The number of imidazole rings is 1. The highest BCUT2D eigenvalue weighted by Gasteiger charge is 2.23. The standard InChI is InChI=1S/C26H25FN4O2/c27-21-10-12-22(13-11-21)28-14-16-29(17-15-28)25(32)19-31-24-9-5-4-8-23(24)30(26(31)33)18-20-6-2-1-3-7-20/h1-13H,14-19H2. The van der Waals surface area contributed by atoms with Crippen LogP contribution in [0.15, 0.2) is 83.7 Å². The highest BCUT2D eigenvalue weighted by atomic mass is 19.1. The van der Waals surface area contributed by atoms with Gasteiger partial charge in [-0.15, -0.1) is 0 Å². The third-order valence-corrected chi connectivity index (χ3v) is 6.23. The van der Waals surface area contributed by atoms with Crippen molar-refractivity contribution in [3.8, 4) is 0 Å². The molecule has 0 atom stereocenters. The molecular weight excluding hydrogens is 419 g/mol. The van der Waals surface area contributed by atoms with Crippen molar-refractivity contribution in [1.82, 2.24) is 14.0 Å². The van der Waals surface area contributed by atoms with Gasteiger partial charge in [0.1, 0.15) is 12.4 Å². The average Bonchev–Trinajstić information content (AvgIpc) is 3.11. The van der Waals surface area contributed by atoms with E-state index in [0.717, 1.165) is 22.3 Å². The van der Waals surface area contributed by atoms with E-state index in [1.54, 1.807) is 26.2 Å². The molecule has 0 N–H and O–H groups in total. The number of amides is 1. The average molecular weight is 445 g/mol. The number of carbonyl (C=O) groups excluding carboxylic acids is 1. The molecule has 33 heavy (non-hydrogen) atoms. The molecule has 0 radical (unpaired) electrons. The van der Waals surface area contributed by atoms with Crippen LogP contribution in [0.5, 0.6) is 0 Å². The highest BCUT2D eigenvalue weighted by molar-refractivity contribution is 5.81. The zero-order chi connectivity index (χ0) is 22.8. The minimum atomic E-state index is -0.260. The third kappa shape index (κ3) is 4.26. The summed E-state index contributed by atoms with van der Waals surface area (Å²) in [7, 11) is 0. The van der Waals surface area contributed by atoms with Gasteiger partial charge in [0.2, 0.25) is 5.91 Å². The van der Waals surface area contributed by atoms with Gasteiger partial charge < -0.3 is 9.80 Å². The molecule has 0 spiro atoms. The van der Waals surface area contributed by atoms with Crippen LogP contribution < -0.4 is 10.6 Å². The number of rotatable bonds is 5. The molecule has 5 rings (SSSR count). The maximum Gasteiger partial charge on any atom is 0.329 e. The van der Waals surface area contributed by atoms with E-state index in [-0.39, 0.29) is 24.0 Å². The lowest BCUT2D eigenvalue weighted by molar-refractivity contribution is -0.132. The SMILES string of the molecule is O=C(Cn1c(=O)n(Cc2ccccc2)c2ccccc21)N1CCN(c2ccc(F)cc2)CC1. The Morgan fingerprint density at radius 1 is 0.758 bits per heavy atom. The third-order valence-electron chi connectivity index (χ3n) is 6.23. The summed E-state index contributed by atoms with van der Waals surface area (Å²) in [5, 5.41) is 0. The summed E-state index contributed by atoms with van der Waals surface area (Å²) in [6, 6.07) is 23.8. The second-order valence-corrected chi connectivity index (χ2v) is 8.27. The summed E-state index contributed by atoms with van der Waals surface area (Å²) in [6.45, 7) is 2.93. The molecule has 168 valence electrons. The van der Waals surface area contributed by atoms with E-state index in [1.807, 2.05) is 54.6 Å². The normalized spacial score (nSPS) is 14.1. The van der Waals surface area contributed by atoms with Crippen LogP contribution >= 0.6 is 0 Å². The lowest BCUT2D eigenvalue weighted by atomic mass is 10.2. The molecule has 0 aliphatic carbocycles. The van der Waals surface area contributed by atoms with Gasteiger partial charge in [0.05, 0.1) is 17.6 Å². The summed E-state index contributed by atoms with van der Waals surface area (Å²) in [5.41, 5.74) is 3.38. The molecule has 7 heteroatoms. The van der Waals surface area contributed by atoms with Crippen molar-refractivity contribution >= 4 is 22.6 Å². The zero-order valence-corrected chi connectivity index (χ0v) is 18.2. The Morgan fingerprint density at radius 3 is 2.03 bits per heavy atom. The van der Waals surface area contributed by atoms with Gasteiger partial charge in [-0.3, -0.25) is 13.9 Å². The molecule has 1 saturated heterocycles. The maximum atomic E-state index is 13.3. The molecule has 0 bridgehead atoms. The molecule has 3 aromatic carbocycles. The monoisotopic (exact) mass is 444 g/mol.